The molecule has 2 N–H and O–H groups in total. The van der Waals surface area contributed by atoms with Gasteiger partial charge >= 0.3 is 23.8 Å². The van der Waals surface area contributed by atoms with Crippen LogP contribution in [-0.2, 0) is 27.2 Å². The van der Waals surface area contributed by atoms with Gasteiger partial charge in [-0.1, -0.05) is 0 Å². The molecular weight excluding hydrogens is 534 g/mol. The maximum atomic E-state index is 12.6. The molecule has 1 aromatic heterocycles. The van der Waals surface area contributed by atoms with Crippen LogP contribution in [0.25, 0.3) is 0 Å². The summed E-state index contributed by atoms with van der Waals surface area (Å²) in [5.41, 5.74) is 4.90. The zero-order valence-electron chi connectivity index (χ0n) is 22.4. The van der Waals surface area contributed by atoms with Crippen molar-refractivity contribution in [3.8, 4) is 11.5 Å². The SMILES string of the molecule is CCOC(=O)c1c(NC(=O)C(=O)N/N=C(\C)c2ccc(OC(=O)c3ccc(OC)cc3)cc2)sc2c1CCCC2. The van der Waals surface area contributed by atoms with Gasteiger partial charge in [0, 0.05) is 4.88 Å². The highest BCUT2D eigenvalue weighted by Crippen LogP contribution is 2.38. The summed E-state index contributed by atoms with van der Waals surface area (Å²) in [7, 11) is 1.54. The minimum atomic E-state index is -0.981. The molecular formula is C29H29N3O7S. The number of esters is 2. The molecule has 0 radical (unpaired) electrons. The van der Waals surface area contributed by atoms with Crippen molar-refractivity contribution in [1.82, 2.24) is 5.43 Å². The van der Waals surface area contributed by atoms with Crippen molar-refractivity contribution in [2.45, 2.75) is 39.5 Å². The third kappa shape index (κ3) is 6.73. The fourth-order valence-electron chi connectivity index (χ4n) is 4.14. The van der Waals surface area contributed by atoms with Crippen molar-refractivity contribution < 1.29 is 33.4 Å². The number of hydrogen-bond acceptors (Lipinski definition) is 9. The van der Waals surface area contributed by atoms with E-state index in [1.165, 1.54) is 11.3 Å². The molecule has 0 saturated heterocycles. The Labute approximate surface area is 235 Å². The van der Waals surface area contributed by atoms with Crippen LogP contribution < -0.4 is 20.2 Å². The molecule has 1 aliphatic rings. The number of nitrogens with one attached hydrogen (secondary N) is 2. The van der Waals surface area contributed by atoms with Gasteiger partial charge in [-0.3, -0.25) is 9.59 Å². The topological polar surface area (TPSA) is 132 Å². The van der Waals surface area contributed by atoms with Gasteiger partial charge in [-0.05, 0) is 99.2 Å². The first-order valence-electron chi connectivity index (χ1n) is 12.7. The third-order valence-electron chi connectivity index (χ3n) is 6.22. The molecule has 3 aromatic rings. The highest BCUT2D eigenvalue weighted by Gasteiger charge is 2.28. The Kier molecular flexibility index (Phi) is 9.28. The lowest BCUT2D eigenvalue weighted by atomic mass is 9.95. The van der Waals surface area contributed by atoms with E-state index in [1.54, 1.807) is 69.5 Å². The number of aryl methyl sites for hydroxylation is 1. The Morgan fingerprint density at radius 3 is 2.20 bits per heavy atom. The van der Waals surface area contributed by atoms with E-state index >= 15 is 0 Å². The summed E-state index contributed by atoms with van der Waals surface area (Å²) in [5, 5.41) is 6.88. The quantitative estimate of drug-likeness (QED) is 0.135. The number of hydrogen-bond donors (Lipinski definition) is 2. The monoisotopic (exact) mass is 563 g/mol. The number of hydrazone groups is 1. The Morgan fingerprint density at radius 2 is 1.52 bits per heavy atom. The summed E-state index contributed by atoms with van der Waals surface area (Å²) in [4.78, 5) is 51.1. The molecule has 0 spiro atoms. The average molecular weight is 564 g/mol. The molecule has 0 fully saturated rings. The van der Waals surface area contributed by atoms with E-state index in [0.29, 0.717) is 38.9 Å². The second-order valence-corrected chi connectivity index (χ2v) is 9.98. The van der Waals surface area contributed by atoms with Crippen molar-refractivity contribution >= 4 is 45.8 Å². The molecule has 10 nitrogen and oxygen atoms in total. The smallest absolute Gasteiger partial charge is 0.343 e. The lowest BCUT2D eigenvalue weighted by Gasteiger charge is -2.12. The molecule has 2 amide bonds. The summed E-state index contributed by atoms with van der Waals surface area (Å²) in [6, 6.07) is 13.1. The van der Waals surface area contributed by atoms with Crippen LogP contribution in [0, 0.1) is 0 Å². The van der Waals surface area contributed by atoms with Gasteiger partial charge in [0.15, 0.2) is 0 Å². The van der Waals surface area contributed by atoms with Crippen LogP contribution in [0.2, 0.25) is 0 Å². The van der Waals surface area contributed by atoms with Crippen LogP contribution in [-0.4, -0.2) is 43.2 Å². The van der Waals surface area contributed by atoms with Gasteiger partial charge in [0.2, 0.25) is 0 Å². The van der Waals surface area contributed by atoms with E-state index in [4.69, 9.17) is 14.2 Å². The first kappa shape index (κ1) is 28.5. The molecule has 11 heteroatoms. The number of anilines is 1. The van der Waals surface area contributed by atoms with Gasteiger partial charge in [0.25, 0.3) is 0 Å². The van der Waals surface area contributed by atoms with Gasteiger partial charge < -0.3 is 19.5 Å². The van der Waals surface area contributed by atoms with Crippen LogP contribution in [0.1, 0.15) is 63.4 Å². The fourth-order valence-corrected chi connectivity index (χ4v) is 5.41. The molecule has 2 aromatic carbocycles. The fraction of sp³-hybridized carbons (Fsp3) is 0.276. The molecule has 0 aliphatic heterocycles. The molecule has 1 heterocycles. The van der Waals surface area contributed by atoms with Gasteiger partial charge in [0.1, 0.15) is 16.5 Å². The lowest BCUT2D eigenvalue weighted by molar-refractivity contribution is -0.136. The largest absolute Gasteiger partial charge is 0.497 e. The highest BCUT2D eigenvalue weighted by molar-refractivity contribution is 7.17. The number of benzene rings is 2. The molecule has 208 valence electrons. The Balaban J connectivity index is 1.36. The number of methoxy groups -OCH3 is 1. The molecule has 4 rings (SSSR count). The van der Waals surface area contributed by atoms with Gasteiger partial charge in [-0.2, -0.15) is 5.10 Å². The highest BCUT2D eigenvalue weighted by atomic mass is 32.1. The first-order chi connectivity index (χ1) is 19.3. The number of amides is 2. The van der Waals surface area contributed by atoms with Crippen LogP contribution in [0.3, 0.4) is 0 Å². The Hall–Kier alpha value is -4.51. The van der Waals surface area contributed by atoms with Gasteiger partial charge in [0.05, 0.1) is 30.6 Å². The second-order valence-electron chi connectivity index (χ2n) is 8.87. The van der Waals surface area contributed by atoms with Crippen LogP contribution in [0.4, 0.5) is 5.00 Å². The summed E-state index contributed by atoms with van der Waals surface area (Å²) >= 11 is 1.30. The average Bonchev–Trinajstić information content (AvgIpc) is 3.34. The minimum Gasteiger partial charge on any atom is -0.497 e. The number of ether oxygens (including phenoxy) is 3. The number of carbonyl (C=O) groups is 4. The van der Waals surface area contributed by atoms with Crippen LogP contribution in [0.15, 0.2) is 53.6 Å². The predicted octanol–water partition coefficient (Wildman–Crippen LogP) is 4.51. The van der Waals surface area contributed by atoms with Crippen molar-refractivity contribution in [2.24, 2.45) is 5.10 Å². The van der Waals surface area contributed by atoms with Crippen molar-refractivity contribution in [3.63, 3.8) is 0 Å². The molecule has 0 atom stereocenters. The minimum absolute atomic E-state index is 0.206. The molecule has 1 aliphatic carbocycles. The van der Waals surface area contributed by atoms with E-state index < -0.39 is 23.8 Å². The number of rotatable bonds is 8. The summed E-state index contributed by atoms with van der Waals surface area (Å²) in [6.07, 6.45) is 3.50. The summed E-state index contributed by atoms with van der Waals surface area (Å²) in [6.45, 7) is 3.57. The molecule has 0 unspecified atom stereocenters. The second kappa shape index (κ2) is 13.0. The number of nitrogens with zero attached hydrogens (tertiary/aromatic N) is 1. The molecule has 40 heavy (non-hydrogen) atoms. The van der Waals surface area contributed by atoms with E-state index in [1.807, 2.05) is 0 Å². The maximum Gasteiger partial charge on any atom is 0.343 e. The van der Waals surface area contributed by atoms with E-state index in [2.05, 4.69) is 15.8 Å². The number of carbonyl (C=O) groups excluding carboxylic acids is 4. The molecule has 0 saturated carbocycles. The first-order valence-corrected chi connectivity index (χ1v) is 13.6. The lowest BCUT2D eigenvalue weighted by Crippen LogP contribution is -2.33. The van der Waals surface area contributed by atoms with Crippen molar-refractivity contribution in [1.29, 1.82) is 0 Å². The normalized spacial score (nSPS) is 12.6. The standard InChI is InChI=1S/C29H29N3O7S/c1-4-38-29(36)24-22-7-5-6-8-23(22)40-27(24)30-25(33)26(34)32-31-17(2)18-9-15-21(16-10-18)39-28(35)19-11-13-20(37-3)14-12-19/h9-16H,4-8H2,1-3H3,(H,30,33)(H,32,34)/b31-17+. The van der Waals surface area contributed by atoms with E-state index in [9.17, 15) is 19.2 Å². The Morgan fingerprint density at radius 1 is 0.875 bits per heavy atom. The summed E-state index contributed by atoms with van der Waals surface area (Å²) in [5.74, 6) is -1.99. The number of fused-ring (bicyclic) bond motifs is 1. The van der Waals surface area contributed by atoms with Crippen LogP contribution in [0.5, 0.6) is 11.5 Å². The van der Waals surface area contributed by atoms with Crippen LogP contribution >= 0.6 is 11.3 Å². The predicted molar refractivity (Wildman–Crippen MR) is 150 cm³/mol. The zero-order chi connectivity index (χ0) is 28.6. The summed E-state index contributed by atoms with van der Waals surface area (Å²) < 4.78 is 15.7. The van der Waals surface area contributed by atoms with Crippen molar-refractivity contribution in [2.75, 3.05) is 19.0 Å². The van der Waals surface area contributed by atoms with Gasteiger partial charge in [-0.15, -0.1) is 11.3 Å². The number of thiophene rings is 1. The zero-order valence-corrected chi connectivity index (χ0v) is 23.2. The van der Waals surface area contributed by atoms with Crippen molar-refractivity contribution in [3.05, 3.63) is 75.7 Å². The third-order valence-corrected chi connectivity index (χ3v) is 7.42. The van der Waals surface area contributed by atoms with Gasteiger partial charge in [-0.25, -0.2) is 15.0 Å². The van der Waals surface area contributed by atoms with E-state index in [-0.39, 0.29) is 6.61 Å². The maximum absolute atomic E-state index is 12.6. The molecule has 0 bridgehead atoms. The van der Waals surface area contributed by atoms with E-state index in [0.717, 1.165) is 36.1 Å². The Bertz CT molecular complexity index is 1440.